The molecule has 3 heteroatoms. The van der Waals surface area contributed by atoms with E-state index in [1.165, 1.54) is 60.3 Å². The zero-order valence-corrected chi connectivity index (χ0v) is 33.9. The molecular formula is C59H39N3. The Morgan fingerprint density at radius 2 is 0.629 bits per heavy atom. The van der Waals surface area contributed by atoms with Gasteiger partial charge in [-0.15, -0.1) is 0 Å². The van der Waals surface area contributed by atoms with Crippen molar-refractivity contribution in [2.45, 2.75) is 0 Å². The van der Waals surface area contributed by atoms with Crippen LogP contribution in [0.5, 0.6) is 0 Å². The zero-order valence-electron chi connectivity index (χ0n) is 33.9. The number of benzene rings is 9. The average molecular weight is 790 g/mol. The lowest BCUT2D eigenvalue weighted by Crippen LogP contribution is -2.00. The highest BCUT2D eigenvalue weighted by Gasteiger charge is 2.22. The van der Waals surface area contributed by atoms with Crippen molar-refractivity contribution in [2.75, 3.05) is 0 Å². The van der Waals surface area contributed by atoms with Gasteiger partial charge in [0, 0.05) is 44.0 Å². The molecule has 12 aromatic rings. The largest absolute Gasteiger partial charge is 0.307 e. The summed E-state index contributed by atoms with van der Waals surface area (Å²) in [4.78, 5) is 5.19. The zero-order chi connectivity index (χ0) is 41.0. The Balaban J connectivity index is 1.14. The molecule has 0 aliphatic carbocycles. The Bertz CT molecular complexity index is 3490. The number of nitrogens with zero attached hydrogens (tertiary/aromatic N) is 3. The Labute approximate surface area is 360 Å². The van der Waals surface area contributed by atoms with E-state index >= 15 is 0 Å². The third-order valence-electron chi connectivity index (χ3n) is 12.3. The van der Waals surface area contributed by atoms with Crippen LogP contribution in [0.25, 0.3) is 111 Å². The summed E-state index contributed by atoms with van der Waals surface area (Å²) in [6, 6.07) is 85.3. The second-order valence-corrected chi connectivity index (χ2v) is 16.0. The Hall–Kier alpha value is -8.27. The molecule has 0 atom stereocenters. The number of fused-ring (bicyclic) bond motifs is 7. The van der Waals surface area contributed by atoms with E-state index in [9.17, 15) is 0 Å². The van der Waals surface area contributed by atoms with Crippen LogP contribution in [-0.2, 0) is 0 Å². The van der Waals surface area contributed by atoms with Crippen LogP contribution < -0.4 is 0 Å². The smallest absolute Gasteiger partial charge is 0.0788 e. The quantitative estimate of drug-likeness (QED) is 0.158. The lowest BCUT2D eigenvalue weighted by molar-refractivity contribution is 1.15. The van der Waals surface area contributed by atoms with Crippen molar-refractivity contribution < 1.29 is 0 Å². The maximum atomic E-state index is 5.19. The minimum Gasteiger partial charge on any atom is -0.307 e. The first-order valence-corrected chi connectivity index (χ1v) is 21.2. The number of para-hydroxylation sites is 2. The van der Waals surface area contributed by atoms with Gasteiger partial charge in [-0.3, -0.25) is 0 Å². The lowest BCUT2D eigenvalue weighted by Gasteiger charge is -2.16. The molecule has 3 aromatic heterocycles. The summed E-state index contributed by atoms with van der Waals surface area (Å²) in [6.07, 6.45) is 0. The van der Waals surface area contributed by atoms with Crippen molar-refractivity contribution in [3.8, 4) is 67.3 Å². The SMILES string of the molecule is c1ccc(-c2cc(-c3ccccc3)cc(-n3c4ccccc4c4ccc5c6ccccc6n(-c6cccc(-c7cc(-c8ccccc8)nc(-c8ccccc8)c7)c6)c5c43)c2)cc1. The van der Waals surface area contributed by atoms with Crippen molar-refractivity contribution in [2.24, 2.45) is 0 Å². The molecule has 0 bridgehead atoms. The summed E-state index contributed by atoms with van der Waals surface area (Å²) in [5.74, 6) is 0. The molecule has 0 radical (unpaired) electrons. The first kappa shape index (κ1) is 35.7. The highest BCUT2D eigenvalue weighted by atomic mass is 15.0. The molecule has 0 spiro atoms. The van der Waals surface area contributed by atoms with Crippen molar-refractivity contribution in [1.29, 1.82) is 0 Å². The van der Waals surface area contributed by atoms with Crippen LogP contribution in [0.4, 0.5) is 0 Å². The van der Waals surface area contributed by atoms with Crippen LogP contribution in [0, 0.1) is 0 Å². The van der Waals surface area contributed by atoms with E-state index in [-0.39, 0.29) is 0 Å². The molecule has 0 saturated carbocycles. The second-order valence-electron chi connectivity index (χ2n) is 16.0. The third-order valence-corrected chi connectivity index (χ3v) is 12.3. The molecular weight excluding hydrogens is 751 g/mol. The minimum absolute atomic E-state index is 0.947. The third kappa shape index (κ3) is 6.02. The van der Waals surface area contributed by atoms with Crippen molar-refractivity contribution in [3.05, 3.63) is 237 Å². The van der Waals surface area contributed by atoms with Gasteiger partial charge in [0.2, 0.25) is 0 Å². The monoisotopic (exact) mass is 789 g/mol. The highest BCUT2D eigenvalue weighted by molar-refractivity contribution is 6.24. The highest BCUT2D eigenvalue weighted by Crippen LogP contribution is 2.43. The first-order chi connectivity index (χ1) is 30.7. The first-order valence-electron chi connectivity index (χ1n) is 21.2. The fourth-order valence-electron chi connectivity index (χ4n) is 9.41. The molecule has 3 heterocycles. The van der Waals surface area contributed by atoms with Crippen molar-refractivity contribution in [3.63, 3.8) is 0 Å². The van der Waals surface area contributed by atoms with Gasteiger partial charge in [-0.25, -0.2) is 4.98 Å². The molecule has 290 valence electrons. The Kier molecular flexibility index (Phi) is 8.50. The molecule has 0 N–H and O–H groups in total. The van der Waals surface area contributed by atoms with Crippen LogP contribution in [0.3, 0.4) is 0 Å². The van der Waals surface area contributed by atoms with Gasteiger partial charge in [-0.05, 0) is 88.0 Å². The average Bonchev–Trinajstić information content (AvgIpc) is 3.88. The van der Waals surface area contributed by atoms with Gasteiger partial charge >= 0.3 is 0 Å². The van der Waals surface area contributed by atoms with Crippen LogP contribution in [0.15, 0.2) is 237 Å². The van der Waals surface area contributed by atoms with E-state index in [1.54, 1.807) is 0 Å². The van der Waals surface area contributed by atoms with Crippen LogP contribution in [0.2, 0.25) is 0 Å². The normalized spacial score (nSPS) is 11.5. The van der Waals surface area contributed by atoms with Gasteiger partial charge < -0.3 is 9.13 Å². The molecule has 0 aliphatic rings. The van der Waals surface area contributed by atoms with Gasteiger partial charge in [0.15, 0.2) is 0 Å². The summed E-state index contributed by atoms with van der Waals surface area (Å²) in [5.41, 5.74) is 17.9. The predicted molar refractivity (Wildman–Crippen MR) is 260 cm³/mol. The second kappa shape index (κ2) is 14.8. The van der Waals surface area contributed by atoms with E-state index in [1.807, 2.05) is 0 Å². The van der Waals surface area contributed by atoms with E-state index in [2.05, 4.69) is 246 Å². The van der Waals surface area contributed by atoms with Gasteiger partial charge in [0.1, 0.15) is 0 Å². The number of hydrogen-bond donors (Lipinski definition) is 0. The maximum absolute atomic E-state index is 5.19. The van der Waals surface area contributed by atoms with Gasteiger partial charge in [-0.1, -0.05) is 182 Å². The van der Waals surface area contributed by atoms with Crippen LogP contribution in [-0.4, -0.2) is 14.1 Å². The molecule has 9 aromatic carbocycles. The number of rotatable bonds is 7. The number of pyridine rings is 1. The fraction of sp³-hybridized carbons (Fsp3) is 0. The summed E-state index contributed by atoms with van der Waals surface area (Å²) >= 11 is 0. The molecule has 12 rings (SSSR count). The molecule has 62 heavy (non-hydrogen) atoms. The van der Waals surface area contributed by atoms with E-state index in [4.69, 9.17) is 4.98 Å². The predicted octanol–water partition coefficient (Wildman–Crippen LogP) is 15.6. The molecule has 3 nitrogen and oxygen atoms in total. The van der Waals surface area contributed by atoms with Crippen LogP contribution in [0.1, 0.15) is 0 Å². The Morgan fingerprint density at radius 3 is 1.13 bits per heavy atom. The van der Waals surface area contributed by atoms with Crippen LogP contribution >= 0.6 is 0 Å². The lowest BCUT2D eigenvalue weighted by atomic mass is 9.98. The van der Waals surface area contributed by atoms with Crippen molar-refractivity contribution in [1.82, 2.24) is 14.1 Å². The van der Waals surface area contributed by atoms with E-state index < -0.39 is 0 Å². The molecule has 0 aliphatic heterocycles. The van der Waals surface area contributed by atoms with Gasteiger partial charge in [-0.2, -0.15) is 0 Å². The minimum atomic E-state index is 0.947. The summed E-state index contributed by atoms with van der Waals surface area (Å²) in [7, 11) is 0. The molecule has 0 amide bonds. The summed E-state index contributed by atoms with van der Waals surface area (Å²) in [5, 5.41) is 4.87. The van der Waals surface area contributed by atoms with Gasteiger partial charge in [0.25, 0.3) is 0 Å². The molecule has 0 saturated heterocycles. The number of hydrogen-bond acceptors (Lipinski definition) is 1. The van der Waals surface area contributed by atoms with Gasteiger partial charge in [0.05, 0.1) is 33.5 Å². The van der Waals surface area contributed by atoms with E-state index in [0.29, 0.717) is 0 Å². The fourth-order valence-corrected chi connectivity index (χ4v) is 9.41. The topological polar surface area (TPSA) is 22.8 Å². The maximum Gasteiger partial charge on any atom is 0.0788 e. The van der Waals surface area contributed by atoms with E-state index in [0.717, 1.165) is 50.5 Å². The number of aromatic nitrogens is 3. The summed E-state index contributed by atoms with van der Waals surface area (Å²) < 4.78 is 4.99. The molecule has 0 fully saturated rings. The molecule has 0 unspecified atom stereocenters. The Morgan fingerprint density at radius 1 is 0.242 bits per heavy atom. The standard InChI is InChI=1S/C59H39N3/c1-5-18-40(19-6-1)45-34-46(41-20-7-2-8-21-41)37-49(36-45)62-57-31-16-14-29-51(57)53-33-32-52-50-28-13-15-30-56(50)61(58(52)59(53)62)48-27-17-26-44(35-48)47-38-54(42-22-9-3-10-23-42)60-55(39-47)43-24-11-4-12-25-43/h1-39H. The summed E-state index contributed by atoms with van der Waals surface area (Å²) in [6.45, 7) is 0. The van der Waals surface area contributed by atoms with Crippen molar-refractivity contribution >= 4 is 43.6 Å².